The topological polar surface area (TPSA) is 76.7 Å². The number of nitrogen functional groups attached to an aromatic ring is 1. The van der Waals surface area contributed by atoms with E-state index in [9.17, 15) is 4.39 Å². The number of nitrogens with one attached hydrogen (secondary N) is 1. The van der Waals surface area contributed by atoms with Gasteiger partial charge in [0.1, 0.15) is 0 Å². The summed E-state index contributed by atoms with van der Waals surface area (Å²) in [5, 5.41) is 3.83. The first kappa shape index (κ1) is 17.3. The van der Waals surface area contributed by atoms with Crippen LogP contribution >= 0.6 is 11.3 Å². The van der Waals surface area contributed by atoms with E-state index in [1.807, 2.05) is 0 Å². The predicted molar refractivity (Wildman–Crippen MR) is 101 cm³/mol. The molecular formula is C18H20FN5S. The van der Waals surface area contributed by atoms with E-state index >= 15 is 0 Å². The van der Waals surface area contributed by atoms with Gasteiger partial charge in [-0.1, -0.05) is 26.8 Å². The van der Waals surface area contributed by atoms with Crippen LogP contribution in [0.2, 0.25) is 0 Å². The van der Waals surface area contributed by atoms with Crippen molar-refractivity contribution in [3.05, 3.63) is 41.3 Å². The number of hydrogen-bond donors (Lipinski definition) is 2. The Kier molecular flexibility index (Phi) is 4.43. The zero-order chi connectivity index (χ0) is 18.2. The Morgan fingerprint density at radius 2 is 1.92 bits per heavy atom. The molecule has 0 radical (unpaired) electrons. The van der Waals surface area contributed by atoms with Crippen LogP contribution in [0.15, 0.2) is 30.5 Å². The van der Waals surface area contributed by atoms with Crippen LogP contribution in [0.3, 0.4) is 0 Å². The van der Waals surface area contributed by atoms with Gasteiger partial charge in [-0.05, 0) is 18.2 Å². The number of hydrogen-bond acceptors (Lipinski definition) is 6. The van der Waals surface area contributed by atoms with E-state index in [-0.39, 0.29) is 11.1 Å². The molecule has 0 amide bonds. The number of benzene rings is 1. The van der Waals surface area contributed by atoms with E-state index in [1.165, 1.54) is 11.3 Å². The fraction of sp³-hybridized carbons (Fsp3) is 0.278. The lowest BCUT2D eigenvalue weighted by molar-refractivity contribution is 0.585. The highest BCUT2D eigenvalue weighted by atomic mass is 32.1. The summed E-state index contributed by atoms with van der Waals surface area (Å²) in [4.78, 5) is 14.2. The molecule has 130 valence electrons. The molecule has 2 aromatic heterocycles. The molecule has 0 saturated carbocycles. The van der Waals surface area contributed by atoms with Crippen LogP contribution < -0.4 is 11.1 Å². The molecule has 1 aromatic carbocycles. The molecule has 0 aliphatic heterocycles. The molecule has 0 atom stereocenters. The minimum absolute atomic E-state index is 0.104. The standard InChI is InChI=1S/C18H20FN5S/c1-18(2,3)16-24-14(10-6-5-7-11(20)13(10)19)15(25-16)12-8-9-22-17(21-4)23-12/h5-9H,20H2,1-4H3,(H,21,22,23). The Morgan fingerprint density at radius 3 is 2.60 bits per heavy atom. The number of nitrogens with two attached hydrogens (primary N) is 1. The number of aromatic nitrogens is 3. The Labute approximate surface area is 150 Å². The van der Waals surface area contributed by atoms with Gasteiger partial charge in [0, 0.05) is 24.2 Å². The smallest absolute Gasteiger partial charge is 0.222 e. The third-order valence-electron chi connectivity index (χ3n) is 3.66. The van der Waals surface area contributed by atoms with Crippen LogP contribution in [0.4, 0.5) is 16.0 Å². The number of anilines is 2. The summed E-state index contributed by atoms with van der Waals surface area (Å²) < 4.78 is 14.6. The Balaban J connectivity index is 2.26. The van der Waals surface area contributed by atoms with Gasteiger partial charge in [-0.2, -0.15) is 0 Å². The second-order valence-corrected chi connectivity index (χ2v) is 7.67. The lowest BCUT2D eigenvalue weighted by Crippen LogP contribution is -2.10. The summed E-state index contributed by atoms with van der Waals surface area (Å²) in [6.45, 7) is 6.23. The molecule has 3 N–H and O–H groups in total. The highest BCUT2D eigenvalue weighted by molar-refractivity contribution is 7.15. The fourth-order valence-electron chi connectivity index (χ4n) is 2.34. The molecule has 0 bridgehead atoms. The summed E-state index contributed by atoms with van der Waals surface area (Å²) in [5.41, 5.74) is 7.33. The summed E-state index contributed by atoms with van der Waals surface area (Å²) in [5.74, 6) is 0.0413. The normalized spacial score (nSPS) is 11.6. The Hall–Kier alpha value is -2.54. The monoisotopic (exact) mass is 357 g/mol. The number of halogens is 1. The van der Waals surface area contributed by atoms with Crippen LogP contribution in [0.5, 0.6) is 0 Å². The van der Waals surface area contributed by atoms with Crippen LogP contribution in [0.1, 0.15) is 25.8 Å². The zero-order valence-electron chi connectivity index (χ0n) is 14.6. The first-order valence-corrected chi connectivity index (χ1v) is 8.69. The summed E-state index contributed by atoms with van der Waals surface area (Å²) in [6, 6.07) is 6.76. The summed E-state index contributed by atoms with van der Waals surface area (Å²) in [7, 11) is 1.75. The largest absolute Gasteiger partial charge is 0.396 e. The van der Waals surface area contributed by atoms with Crippen LogP contribution in [-0.2, 0) is 5.41 Å². The van der Waals surface area contributed by atoms with Crippen molar-refractivity contribution in [1.29, 1.82) is 0 Å². The van der Waals surface area contributed by atoms with Crippen LogP contribution in [0, 0.1) is 5.82 Å². The molecule has 2 heterocycles. The minimum Gasteiger partial charge on any atom is -0.396 e. The Morgan fingerprint density at radius 1 is 1.16 bits per heavy atom. The number of rotatable bonds is 3. The maximum atomic E-state index is 14.6. The van der Waals surface area contributed by atoms with Gasteiger partial charge in [-0.15, -0.1) is 11.3 Å². The van der Waals surface area contributed by atoms with Gasteiger partial charge < -0.3 is 11.1 Å². The van der Waals surface area contributed by atoms with Crippen molar-refractivity contribution < 1.29 is 4.39 Å². The molecule has 0 aliphatic carbocycles. The van der Waals surface area contributed by atoms with Crippen molar-refractivity contribution in [1.82, 2.24) is 15.0 Å². The molecule has 0 unspecified atom stereocenters. The zero-order valence-corrected chi connectivity index (χ0v) is 15.4. The van der Waals surface area contributed by atoms with Crippen LogP contribution in [0.25, 0.3) is 21.8 Å². The minimum atomic E-state index is -0.461. The average Bonchev–Trinajstić information content (AvgIpc) is 3.03. The molecule has 0 spiro atoms. The summed E-state index contributed by atoms with van der Waals surface area (Å²) >= 11 is 1.51. The Bertz CT molecular complexity index is 914. The van der Waals surface area contributed by atoms with Gasteiger partial charge in [0.25, 0.3) is 0 Å². The van der Waals surface area contributed by atoms with Crippen molar-refractivity contribution in [3.8, 4) is 21.8 Å². The van der Waals surface area contributed by atoms with E-state index < -0.39 is 5.82 Å². The molecular weight excluding hydrogens is 337 g/mol. The molecule has 0 saturated heterocycles. The van der Waals surface area contributed by atoms with Crippen LogP contribution in [-0.4, -0.2) is 22.0 Å². The lowest BCUT2D eigenvalue weighted by Gasteiger charge is -2.13. The van der Waals surface area contributed by atoms with E-state index in [2.05, 4.69) is 36.1 Å². The lowest BCUT2D eigenvalue weighted by atomic mass is 9.98. The highest BCUT2D eigenvalue weighted by Crippen LogP contribution is 2.41. The average molecular weight is 357 g/mol. The quantitative estimate of drug-likeness (QED) is 0.682. The van der Waals surface area contributed by atoms with Crippen molar-refractivity contribution in [3.63, 3.8) is 0 Å². The molecule has 0 aliphatic rings. The first-order chi connectivity index (χ1) is 11.8. The molecule has 3 rings (SSSR count). The fourth-order valence-corrected chi connectivity index (χ4v) is 3.44. The second-order valence-electron chi connectivity index (χ2n) is 6.67. The summed E-state index contributed by atoms with van der Waals surface area (Å²) in [6.07, 6.45) is 1.67. The molecule has 7 heteroatoms. The van der Waals surface area contributed by atoms with Crippen molar-refractivity contribution >= 4 is 23.0 Å². The van der Waals surface area contributed by atoms with Gasteiger partial charge in [-0.25, -0.2) is 19.3 Å². The van der Waals surface area contributed by atoms with Crippen molar-refractivity contribution in [2.75, 3.05) is 18.1 Å². The third kappa shape index (κ3) is 3.32. The molecule has 3 aromatic rings. The van der Waals surface area contributed by atoms with Gasteiger partial charge in [-0.3, -0.25) is 0 Å². The van der Waals surface area contributed by atoms with E-state index in [0.29, 0.717) is 22.9 Å². The maximum absolute atomic E-state index is 14.6. The number of nitrogens with zero attached hydrogens (tertiary/aromatic N) is 3. The van der Waals surface area contributed by atoms with E-state index in [4.69, 9.17) is 10.7 Å². The maximum Gasteiger partial charge on any atom is 0.222 e. The van der Waals surface area contributed by atoms with Gasteiger partial charge >= 0.3 is 0 Å². The second kappa shape index (κ2) is 6.40. The van der Waals surface area contributed by atoms with Crippen molar-refractivity contribution in [2.24, 2.45) is 0 Å². The first-order valence-electron chi connectivity index (χ1n) is 7.88. The SMILES string of the molecule is CNc1nccc(-c2sc(C(C)(C)C)nc2-c2cccc(N)c2F)n1. The van der Waals surface area contributed by atoms with E-state index in [1.54, 1.807) is 37.5 Å². The van der Waals surface area contributed by atoms with Gasteiger partial charge in [0.2, 0.25) is 5.95 Å². The van der Waals surface area contributed by atoms with E-state index in [0.717, 1.165) is 9.88 Å². The van der Waals surface area contributed by atoms with Gasteiger partial charge in [0.15, 0.2) is 5.82 Å². The number of thiazole rings is 1. The highest BCUT2D eigenvalue weighted by Gasteiger charge is 2.25. The molecule has 5 nitrogen and oxygen atoms in total. The molecule has 0 fully saturated rings. The molecule has 25 heavy (non-hydrogen) atoms. The third-order valence-corrected chi connectivity index (χ3v) is 5.17. The van der Waals surface area contributed by atoms with Crippen molar-refractivity contribution in [2.45, 2.75) is 26.2 Å². The predicted octanol–water partition coefficient (Wildman–Crippen LogP) is 4.33. The van der Waals surface area contributed by atoms with Gasteiger partial charge in [0.05, 0.1) is 27.0 Å².